The van der Waals surface area contributed by atoms with Crippen molar-refractivity contribution in [3.63, 3.8) is 0 Å². The first-order chi connectivity index (χ1) is 6.43. The Morgan fingerprint density at radius 2 is 1.43 bits per heavy atom. The van der Waals surface area contributed by atoms with Crippen LogP contribution >= 0.6 is 0 Å². The molecule has 0 spiro atoms. The van der Waals surface area contributed by atoms with Gasteiger partial charge >= 0.3 is 5.97 Å². The summed E-state index contributed by atoms with van der Waals surface area (Å²) in [6.45, 7) is 0. The lowest BCUT2D eigenvalue weighted by Crippen LogP contribution is -2.12. The molecule has 0 radical (unpaired) electrons. The Morgan fingerprint density at radius 1 is 0.929 bits per heavy atom. The third-order valence-electron chi connectivity index (χ3n) is 1.53. The number of hydrogen-bond acceptors (Lipinski definition) is 5. The highest BCUT2D eigenvalue weighted by Crippen LogP contribution is 2.32. The van der Waals surface area contributed by atoms with E-state index in [0.717, 1.165) is 0 Å². The third kappa shape index (κ3) is 1.58. The first kappa shape index (κ1) is 9.85. The van der Waals surface area contributed by atoms with Crippen molar-refractivity contribution in [2.45, 2.75) is 0 Å². The van der Waals surface area contributed by atoms with E-state index in [1.807, 2.05) is 0 Å². The number of Topliss-reactive ketones (excluding diaryl/α,β-unsaturated/α-hetero) is 1. The van der Waals surface area contributed by atoms with Gasteiger partial charge in [0.25, 0.3) is 5.78 Å². The van der Waals surface area contributed by atoms with Gasteiger partial charge in [-0.1, -0.05) is 0 Å². The molecule has 0 aromatic heterocycles. The molecule has 4 N–H and O–H groups in total. The van der Waals surface area contributed by atoms with E-state index in [0.29, 0.717) is 12.1 Å². The minimum atomic E-state index is -1.76. The number of carbonyl (C=O) groups is 2. The largest absolute Gasteiger partial charge is 0.507 e. The fraction of sp³-hybridized carbons (Fsp3) is 0. The number of hydrogen-bond donors (Lipinski definition) is 4. The normalized spacial score (nSPS) is 9.71. The molecule has 0 heterocycles. The molecule has 0 aliphatic carbocycles. The zero-order valence-corrected chi connectivity index (χ0v) is 6.76. The van der Waals surface area contributed by atoms with Crippen LogP contribution in [0.3, 0.4) is 0 Å². The fourth-order valence-corrected chi connectivity index (χ4v) is 0.863. The number of ketones is 1. The van der Waals surface area contributed by atoms with Crippen molar-refractivity contribution in [2.24, 2.45) is 0 Å². The molecule has 1 aromatic carbocycles. The summed E-state index contributed by atoms with van der Waals surface area (Å²) in [6.07, 6.45) is 0. The topological polar surface area (TPSA) is 115 Å². The van der Waals surface area contributed by atoms with Crippen LogP contribution in [0.1, 0.15) is 10.4 Å². The smallest absolute Gasteiger partial charge is 0.377 e. The van der Waals surface area contributed by atoms with Gasteiger partial charge in [0.05, 0.1) is 5.56 Å². The first-order valence-corrected chi connectivity index (χ1v) is 3.46. The molecule has 1 rings (SSSR count). The van der Waals surface area contributed by atoms with Crippen LogP contribution in [0.25, 0.3) is 0 Å². The Balaban J connectivity index is 3.29. The lowest BCUT2D eigenvalue weighted by Gasteiger charge is -2.02. The fourth-order valence-electron chi connectivity index (χ4n) is 0.863. The van der Waals surface area contributed by atoms with Crippen molar-refractivity contribution in [2.75, 3.05) is 0 Å². The van der Waals surface area contributed by atoms with Crippen LogP contribution in [0.2, 0.25) is 0 Å². The van der Waals surface area contributed by atoms with E-state index in [2.05, 4.69) is 0 Å². The van der Waals surface area contributed by atoms with Crippen LogP contribution in [0.15, 0.2) is 12.1 Å². The highest BCUT2D eigenvalue weighted by atomic mass is 16.4. The summed E-state index contributed by atoms with van der Waals surface area (Å²) in [7, 11) is 0. The summed E-state index contributed by atoms with van der Waals surface area (Å²) in [6, 6.07) is 1.37. The number of phenolic OH excluding ortho intramolecular Hbond substituents is 3. The van der Waals surface area contributed by atoms with Crippen LogP contribution in [0.4, 0.5) is 0 Å². The summed E-state index contributed by atoms with van der Waals surface area (Å²) >= 11 is 0. The highest BCUT2D eigenvalue weighted by molar-refractivity contribution is 6.40. The molecule has 0 aliphatic rings. The highest BCUT2D eigenvalue weighted by Gasteiger charge is 2.20. The zero-order chi connectivity index (χ0) is 10.9. The zero-order valence-electron chi connectivity index (χ0n) is 6.76. The quantitative estimate of drug-likeness (QED) is 0.231. The number of benzene rings is 1. The molecule has 0 aliphatic heterocycles. The van der Waals surface area contributed by atoms with Gasteiger partial charge in [-0.25, -0.2) is 4.79 Å². The van der Waals surface area contributed by atoms with Gasteiger partial charge in [-0.3, -0.25) is 4.79 Å². The van der Waals surface area contributed by atoms with E-state index in [4.69, 9.17) is 20.4 Å². The molecule has 0 saturated carbocycles. The van der Waals surface area contributed by atoms with E-state index in [9.17, 15) is 9.59 Å². The number of phenols is 3. The summed E-state index contributed by atoms with van der Waals surface area (Å²) in [5, 5.41) is 35.2. The summed E-state index contributed by atoms with van der Waals surface area (Å²) in [5.41, 5.74) is -0.576. The Morgan fingerprint density at radius 3 is 1.93 bits per heavy atom. The Labute approximate surface area is 77.7 Å². The molecule has 74 valence electrons. The van der Waals surface area contributed by atoms with Gasteiger partial charge in [-0.15, -0.1) is 0 Å². The lowest BCUT2D eigenvalue weighted by molar-refractivity contribution is -0.131. The molecule has 0 atom stereocenters. The molecule has 6 nitrogen and oxygen atoms in total. The monoisotopic (exact) mass is 198 g/mol. The van der Waals surface area contributed by atoms with E-state index < -0.39 is 34.6 Å². The summed E-state index contributed by atoms with van der Waals surface area (Å²) < 4.78 is 0. The van der Waals surface area contributed by atoms with Crippen LogP contribution in [-0.2, 0) is 4.79 Å². The number of carboxylic acids is 1. The van der Waals surface area contributed by atoms with E-state index >= 15 is 0 Å². The second-order valence-electron chi connectivity index (χ2n) is 2.49. The predicted molar refractivity (Wildman–Crippen MR) is 43.4 cm³/mol. The van der Waals surface area contributed by atoms with Crippen molar-refractivity contribution in [1.29, 1.82) is 0 Å². The van der Waals surface area contributed by atoms with Crippen molar-refractivity contribution in [1.82, 2.24) is 0 Å². The van der Waals surface area contributed by atoms with Crippen molar-refractivity contribution >= 4 is 11.8 Å². The number of carbonyl (C=O) groups excluding carboxylic acids is 1. The van der Waals surface area contributed by atoms with E-state index in [1.54, 1.807) is 0 Å². The van der Waals surface area contributed by atoms with Crippen LogP contribution in [-0.4, -0.2) is 32.2 Å². The van der Waals surface area contributed by atoms with E-state index in [-0.39, 0.29) is 0 Å². The van der Waals surface area contributed by atoms with Gasteiger partial charge in [0.1, 0.15) is 5.75 Å². The van der Waals surface area contributed by atoms with Crippen LogP contribution in [0.5, 0.6) is 17.2 Å². The van der Waals surface area contributed by atoms with Crippen LogP contribution < -0.4 is 0 Å². The van der Waals surface area contributed by atoms with Gasteiger partial charge in [-0.2, -0.15) is 0 Å². The molecule has 0 fully saturated rings. The number of carboxylic acid groups (broad SMARTS) is 1. The maximum Gasteiger partial charge on any atom is 0.377 e. The molecule has 0 amide bonds. The van der Waals surface area contributed by atoms with Crippen molar-refractivity contribution in [3.05, 3.63) is 17.7 Å². The minimum Gasteiger partial charge on any atom is -0.507 e. The van der Waals surface area contributed by atoms with Gasteiger partial charge in [0.15, 0.2) is 11.5 Å². The molecule has 0 unspecified atom stereocenters. The Hall–Kier alpha value is -2.24. The predicted octanol–water partition coefficient (Wildman–Crippen LogP) is 0.0707. The second-order valence-corrected chi connectivity index (χ2v) is 2.49. The third-order valence-corrected chi connectivity index (χ3v) is 1.53. The van der Waals surface area contributed by atoms with Gasteiger partial charge in [0, 0.05) is 6.07 Å². The van der Waals surface area contributed by atoms with Crippen molar-refractivity contribution in [3.8, 4) is 17.2 Å². The Kier molecular flexibility index (Phi) is 2.29. The number of rotatable bonds is 2. The second kappa shape index (κ2) is 3.25. The van der Waals surface area contributed by atoms with Crippen LogP contribution in [0, 0.1) is 0 Å². The Bertz CT molecular complexity index is 409. The average molecular weight is 198 g/mol. The summed E-state index contributed by atoms with van der Waals surface area (Å²) in [5.74, 6) is -5.13. The van der Waals surface area contributed by atoms with Gasteiger partial charge in [-0.05, 0) is 6.07 Å². The number of aromatic hydroxyl groups is 3. The molecule has 1 aromatic rings. The molecule has 0 bridgehead atoms. The van der Waals surface area contributed by atoms with Gasteiger partial charge < -0.3 is 20.4 Å². The van der Waals surface area contributed by atoms with E-state index in [1.165, 1.54) is 0 Å². The maximum absolute atomic E-state index is 10.9. The lowest BCUT2D eigenvalue weighted by atomic mass is 10.1. The maximum atomic E-state index is 10.9. The molecule has 14 heavy (non-hydrogen) atoms. The van der Waals surface area contributed by atoms with Crippen molar-refractivity contribution < 1.29 is 30.0 Å². The number of aliphatic carboxylic acids is 1. The SMILES string of the molecule is O=C(O)C(=O)c1cc(O)c(O)cc1O. The molecular formula is C8H6O6. The molecule has 6 heteroatoms. The molecule has 0 saturated heterocycles. The first-order valence-electron chi connectivity index (χ1n) is 3.46. The van der Waals surface area contributed by atoms with Gasteiger partial charge in [0.2, 0.25) is 0 Å². The minimum absolute atomic E-state index is 0.576. The summed E-state index contributed by atoms with van der Waals surface area (Å²) in [4.78, 5) is 21.1. The standard InChI is InChI=1S/C8H6O6/c9-4-2-6(11)5(10)1-3(4)7(12)8(13)14/h1-2,9-11H,(H,13,14). The molecular weight excluding hydrogens is 192 g/mol. The average Bonchev–Trinajstić information content (AvgIpc) is 2.10.